The van der Waals surface area contributed by atoms with E-state index in [2.05, 4.69) is 100 Å². The van der Waals surface area contributed by atoms with E-state index in [1.54, 1.807) is 4.90 Å². The number of hydrogen-bond donors (Lipinski definition) is 0. The Balaban J connectivity index is 0.816. The molecule has 1 amide bonds. The van der Waals surface area contributed by atoms with Crippen LogP contribution in [0.25, 0.3) is 34.7 Å². The number of rotatable bonds is 19. The normalized spacial score (nSPS) is 19.0. The number of carbonyl (C=O) groups excluding carboxylic acids is 1. The summed E-state index contributed by atoms with van der Waals surface area (Å²) < 4.78 is 37.9. The van der Waals surface area contributed by atoms with E-state index in [0.717, 1.165) is 64.5 Å². The molecule has 0 aliphatic carbocycles. The van der Waals surface area contributed by atoms with Crippen molar-refractivity contribution in [3.63, 3.8) is 0 Å². The summed E-state index contributed by atoms with van der Waals surface area (Å²) in [6.45, 7) is 22.2. The molecule has 2 fully saturated rings. The molecule has 2 aromatic heterocycles. The van der Waals surface area contributed by atoms with Crippen LogP contribution in [0.2, 0.25) is 0 Å². The van der Waals surface area contributed by atoms with Crippen molar-refractivity contribution in [1.82, 2.24) is 24.3 Å². The molecule has 0 N–H and O–H groups in total. The second-order valence-corrected chi connectivity index (χ2v) is 18.6. The van der Waals surface area contributed by atoms with Crippen molar-refractivity contribution in [2.45, 2.75) is 76.9 Å². The summed E-state index contributed by atoms with van der Waals surface area (Å²) in [7, 11) is 2.09. The molecule has 0 spiro atoms. The van der Waals surface area contributed by atoms with Gasteiger partial charge in [0.1, 0.15) is 18.0 Å². The van der Waals surface area contributed by atoms with Crippen molar-refractivity contribution in [2.75, 3.05) is 102 Å². The molecule has 0 bridgehead atoms. The van der Waals surface area contributed by atoms with Gasteiger partial charge in [0.25, 0.3) is 0 Å². The molecule has 3 atom stereocenters. The third-order valence-electron chi connectivity index (χ3n) is 12.9. The molecule has 3 aliphatic heterocycles. The largest absolute Gasteiger partial charge is 0.462 e. The van der Waals surface area contributed by atoms with E-state index in [-0.39, 0.29) is 24.6 Å². The summed E-state index contributed by atoms with van der Waals surface area (Å²) in [5, 5.41) is 16.4. The van der Waals surface area contributed by atoms with Gasteiger partial charge in [0, 0.05) is 83.4 Å². The van der Waals surface area contributed by atoms with Gasteiger partial charge in [-0.25, -0.2) is 4.79 Å². The molecule has 356 valence electrons. The highest BCUT2D eigenvalue weighted by atomic mass is 16.6. The number of amides is 1. The quantitative estimate of drug-likeness (QED) is 0.0962. The molecule has 0 saturated carbocycles. The number of carbonyl (C=O) groups is 1. The Labute approximate surface area is 394 Å². The first-order valence-corrected chi connectivity index (χ1v) is 23.6. The van der Waals surface area contributed by atoms with Crippen LogP contribution < -0.4 is 25.2 Å². The van der Waals surface area contributed by atoms with E-state index in [1.807, 2.05) is 32.9 Å². The number of ether oxygens (including phenoxy) is 6. The van der Waals surface area contributed by atoms with Gasteiger partial charge in [-0.2, -0.15) is 15.2 Å². The number of aromatic nitrogens is 3. The number of likely N-dealkylation sites (tertiary alicyclic amines) is 1. The van der Waals surface area contributed by atoms with Crippen molar-refractivity contribution < 1.29 is 33.2 Å². The Kier molecular flexibility index (Phi) is 15.6. The van der Waals surface area contributed by atoms with Crippen LogP contribution in [-0.2, 0) is 43.2 Å². The van der Waals surface area contributed by atoms with Crippen LogP contribution in [0.4, 0.5) is 16.3 Å². The van der Waals surface area contributed by atoms with Gasteiger partial charge in [-0.05, 0) is 52.1 Å². The number of fused-ring (bicyclic) bond motifs is 3. The fourth-order valence-corrected chi connectivity index (χ4v) is 9.49. The zero-order chi connectivity index (χ0) is 46.9. The van der Waals surface area contributed by atoms with Crippen molar-refractivity contribution in [1.29, 1.82) is 5.26 Å². The van der Waals surface area contributed by atoms with E-state index in [1.165, 1.54) is 16.5 Å². The van der Waals surface area contributed by atoms with Crippen LogP contribution in [0, 0.1) is 11.3 Å². The lowest BCUT2D eigenvalue weighted by molar-refractivity contribution is -0.0166. The minimum Gasteiger partial charge on any atom is -0.462 e. The second-order valence-electron chi connectivity index (χ2n) is 18.6. The smallest absolute Gasteiger partial charge is 0.410 e. The third kappa shape index (κ3) is 11.7. The molecule has 3 aromatic carbocycles. The number of benzene rings is 3. The first kappa shape index (κ1) is 47.7. The van der Waals surface area contributed by atoms with Crippen molar-refractivity contribution in [2.24, 2.45) is 0 Å². The summed E-state index contributed by atoms with van der Waals surface area (Å²) in [6, 6.07) is 25.5. The van der Waals surface area contributed by atoms with Gasteiger partial charge < -0.3 is 47.7 Å². The van der Waals surface area contributed by atoms with Crippen molar-refractivity contribution >= 4 is 52.3 Å². The monoisotopic (exact) mass is 915 g/mol. The first-order chi connectivity index (χ1) is 32.5. The number of nitriles is 1. The minimum absolute atomic E-state index is 0.0484. The maximum absolute atomic E-state index is 13.3. The summed E-state index contributed by atoms with van der Waals surface area (Å²) in [6.07, 6.45) is 1.37. The number of likely N-dealkylation sites (N-methyl/N-ethyl adjacent to an activating group) is 1. The molecule has 0 radical (unpaired) electrons. The lowest BCUT2D eigenvalue weighted by atomic mass is 10.0. The highest BCUT2D eigenvalue weighted by Crippen LogP contribution is 2.35. The third-order valence-corrected chi connectivity index (χ3v) is 12.9. The van der Waals surface area contributed by atoms with Crippen LogP contribution >= 0.6 is 0 Å². The van der Waals surface area contributed by atoms with Crippen LogP contribution in [0.3, 0.4) is 0 Å². The van der Waals surface area contributed by atoms with Gasteiger partial charge in [0.15, 0.2) is 0 Å². The molecule has 2 saturated heterocycles. The average molecular weight is 915 g/mol. The molecule has 5 aromatic rings. The first-order valence-electron chi connectivity index (χ1n) is 23.6. The molecule has 3 aliphatic rings. The van der Waals surface area contributed by atoms with Gasteiger partial charge in [-0.15, -0.1) is 0 Å². The molecule has 0 unspecified atom stereocenters. The van der Waals surface area contributed by atoms with Crippen LogP contribution in [0.5, 0.6) is 6.01 Å². The van der Waals surface area contributed by atoms with Crippen LogP contribution in [0.15, 0.2) is 66.7 Å². The van der Waals surface area contributed by atoms with Gasteiger partial charge in [-0.1, -0.05) is 73.8 Å². The summed E-state index contributed by atoms with van der Waals surface area (Å²) in [5.74, 6) is 0.808. The molecule has 15 nitrogen and oxygen atoms in total. The topological polar surface area (TPSA) is 140 Å². The zero-order valence-electron chi connectivity index (χ0n) is 39.7. The van der Waals surface area contributed by atoms with Gasteiger partial charge >= 0.3 is 12.1 Å². The van der Waals surface area contributed by atoms with Gasteiger partial charge in [0.05, 0.1) is 83.1 Å². The second kappa shape index (κ2) is 21.9. The Morgan fingerprint density at radius 3 is 2.18 bits per heavy atom. The highest BCUT2D eigenvalue weighted by molar-refractivity contribution is 5.94. The van der Waals surface area contributed by atoms with E-state index in [4.69, 9.17) is 38.4 Å². The Morgan fingerprint density at radius 1 is 0.791 bits per heavy atom. The number of nitrogens with zero attached hydrogens (tertiary/aromatic N) is 8. The van der Waals surface area contributed by atoms with E-state index in [0.29, 0.717) is 91.6 Å². The molecule has 8 rings (SSSR count). The Bertz CT molecular complexity index is 2570. The Morgan fingerprint density at radius 2 is 1.46 bits per heavy atom. The SMILES string of the molecule is C=c1c2ccccc2c(=C)n1CCOCCOCCOCCO[C@@H]1C[C@@H](COc2nc3c(c(N4CCN(C(=O)OC(C)(C)C)[C@@H](CC#N)C4)n2)CCN(c2cccc4ccccc24)C3)N(C)C1. The number of piperazine rings is 1. The lowest BCUT2D eigenvalue weighted by Crippen LogP contribution is -2.56. The van der Waals surface area contributed by atoms with E-state index in [9.17, 15) is 10.1 Å². The average Bonchev–Trinajstić information content (AvgIpc) is 3.80. The van der Waals surface area contributed by atoms with Crippen LogP contribution in [-0.4, -0.2) is 147 Å². The maximum Gasteiger partial charge on any atom is 0.410 e. The van der Waals surface area contributed by atoms with E-state index < -0.39 is 11.7 Å². The van der Waals surface area contributed by atoms with E-state index >= 15 is 0 Å². The summed E-state index contributed by atoms with van der Waals surface area (Å²) >= 11 is 0. The molecule has 5 heterocycles. The minimum atomic E-state index is -0.641. The summed E-state index contributed by atoms with van der Waals surface area (Å²) in [5.41, 5.74) is 2.52. The predicted octanol–water partition coefficient (Wildman–Crippen LogP) is 5.53. The maximum atomic E-state index is 13.3. The van der Waals surface area contributed by atoms with Gasteiger partial charge in [0.2, 0.25) is 0 Å². The number of anilines is 2. The molecule has 15 heteroatoms. The summed E-state index contributed by atoms with van der Waals surface area (Å²) in [4.78, 5) is 32.0. The lowest BCUT2D eigenvalue weighted by Gasteiger charge is -2.42. The van der Waals surface area contributed by atoms with Crippen molar-refractivity contribution in [3.05, 3.63) is 88.7 Å². The molecule has 67 heavy (non-hydrogen) atoms. The fraction of sp³-hybridized carbons (Fsp3) is 0.500. The Hall–Kier alpha value is -5.76. The number of hydrogen-bond acceptors (Lipinski definition) is 13. The van der Waals surface area contributed by atoms with Crippen molar-refractivity contribution in [3.8, 4) is 12.1 Å². The zero-order valence-corrected chi connectivity index (χ0v) is 39.7. The van der Waals surface area contributed by atoms with Crippen LogP contribution in [0.1, 0.15) is 44.9 Å². The molecular formula is C52H66N8O7. The predicted molar refractivity (Wildman–Crippen MR) is 261 cm³/mol. The standard InChI is InChI=1S/C52H66N8O7/c1-37-43-14-9-10-15-44(43)38(2)59(37)24-25-62-26-27-63-28-29-64-30-31-65-42-32-41(56(6)34-42)36-66-50-54-47-35-57(48-17-11-13-39-12-7-8-16-45(39)48)21-19-46(47)49(55-50)58-22-23-60(40(33-58)18-20-53)51(61)67-52(3,4)5/h7-17,40-42H,1-2,18-19,21-36H2,3-6H3/t40-,41-,42+/m0/s1. The highest BCUT2D eigenvalue weighted by Gasteiger charge is 2.37. The fourth-order valence-electron chi connectivity index (χ4n) is 9.49. The van der Waals surface area contributed by atoms with Gasteiger partial charge in [-0.3, -0.25) is 4.90 Å². The molecular weight excluding hydrogens is 849 g/mol.